The molecule has 0 aliphatic carbocycles. The van der Waals surface area contributed by atoms with Crippen molar-refractivity contribution in [3.05, 3.63) is 64.2 Å². The number of thioether (sulfide) groups is 1. The Kier molecular flexibility index (Phi) is 6.55. The predicted molar refractivity (Wildman–Crippen MR) is 101 cm³/mol. The van der Waals surface area contributed by atoms with Gasteiger partial charge in [0.15, 0.2) is 0 Å². The van der Waals surface area contributed by atoms with E-state index in [0.717, 1.165) is 5.56 Å². The van der Waals surface area contributed by atoms with Crippen LogP contribution in [0.3, 0.4) is 0 Å². The van der Waals surface area contributed by atoms with Crippen LogP contribution in [-0.4, -0.2) is 35.1 Å². The zero-order valence-corrected chi connectivity index (χ0v) is 15.2. The van der Waals surface area contributed by atoms with Gasteiger partial charge in [-0.15, -0.1) is 11.8 Å². The molecule has 25 heavy (non-hydrogen) atoms. The van der Waals surface area contributed by atoms with Crippen molar-refractivity contribution in [3.63, 3.8) is 0 Å². The van der Waals surface area contributed by atoms with Gasteiger partial charge in [-0.25, -0.2) is 0 Å². The lowest BCUT2D eigenvalue weighted by molar-refractivity contribution is -0.384. The number of carbonyl (C=O) groups is 1. The first-order chi connectivity index (χ1) is 11.9. The summed E-state index contributed by atoms with van der Waals surface area (Å²) < 4.78 is 0. The summed E-state index contributed by atoms with van der Waals surface area (Å²) in [6, 6.07) is 13.7. The maximum Gasteiger partial charge on any atom is 0.269 e. The maximum atomic E-state index is 12.4. The molecule has 0 aliphatic heterocycles. The van der Waals surface area contributed by atoms with Gasteiger partial charge in [-0.05, 0) is 50.1 Å². The monoisotopic (exact) mass is 359 g/mol. The highest BCUT2D eigenvalue weighted by Crippen LogP contribution is 2.18. The fourth-order valence-electron chi connectivity index (χ4n) is 2.27. The van der Waals surface area contributed by atoms with Gasteiger partial charge in [0, 0.05) is 29.3 Å². The molecule has 1 N–H and O–H groups in total. The Morgan fingerprint density at radius 1 is 1.20 bits per heavy atom. The molecule has 1 atom stereocenters. The van der Waals surface area contributed by atoms with E-state index in [9.17, 15) is 14.9 Å². The largest absolute Gasteiger partial charge is 0.325 e. The second-order valence-electron chi connectivity index (χ2n) is 5.73. The van der Waals surface area contributed by atoms with Gasteiger partial charge in [0.25, 0.3) is 5.69 Å². The summed E-state index contributed by atoms with van der Waals surface area (Å²) in [7, 11) is 1.89. The molecular weight excluding hydrogens is 338 g/mol. The summed E-state index contributed by atoms with van der Waals surface area (Å²) in [5.74, 6) is -0.155. The molecule has 2 aromatic carbocycles. The molecule has 0 aromatic heterocycles. The number of likely N-dealkylation sites (N-methyl/N-ethyl adjacent to an activating group) is 1. The van der Waals surface area contributed by atoms with E-state index in [0.29, 0.717) is 12.2 Å². The molecule has 2 aromatic rings. The van der Waals surface area contributed by atoms with Crippen molar-refractivity contribution in [2.75, 3.05) is 18.6 Å². The number of non-ortho nitro benzene ring substituents is 1. The van der Waals surface area contributed by atoms with E-state index < -0.39 is 4.92 Å². The molecule has 7 heteroatoms. The van der Waals surface area contributed by atoms with Gasteiger partial charge >= 0.3 is 0 Å². The quantitative estimate of drug-likeness (QED) is 0.463. The van der Waals surface area contributed by atoms with Crippen LogP contribution in [0.4, 0.5) is 11.4 Å². The number of carbonyl (C=O) groups excluding carboxylic acids is 1. The molecule has 0 unspecified atom stereocenters. The van der Waals surface area contributed by atoms with Crippen LogP contribution in [0.2, 0.25) is 0 Å². The summed E-state index contributed by atoms with van der Waals surface area (Å²) in [5, 5.41) is 13.4. The lowest BCUT2D eigenvalue weighted by Crippen LogP contribution is -2.39. The summed E-state index contributed by atoms with van der Waals surface area (Å²) in [6.45, 7) is 2.49. The number of nitro benzene ring substituents is 1. The summed E-state index contributed by atoms with van der Waals surface area (Å²) in [5.41, 5.74) is 1.67. The Hall–Kier alpha value is -2.38. The number of hydrogen-bond donors (Lipinski definition) is 1. The molecular formula is C18H21N3O3S. The highest BCUT2D eigenvalue weighted by atomic mass is 32.2. The molecule has 0 spiro atoms. The van der Waals surface area contributed by atoms with Gasteiger partial charge in [0.05, 0.1) is 11.0 Å². The molecule has 0 saturated carbocycles. The van der Waals surface area contributed by atoms with Gasteiger partial charge < -0.3 is 5.32 Å². The first kappa shape index (κ1) is 19.0. The topological polar surface area (TPSA) is 75.5 Å². The van der Waals surface area contributed by atoms with Gasteiger partial charge in [0.2, 0.25) is 5.91 Å². The average Bonchev–Trinajstić information content (AvgIpc) is 2.62. The predicted octanol–water partition coefficient (Wildman–Crippen LogP) is 3.78. The summed E-state index contributed by atoms with van der Waals surface area (Å²) in [4.78, 5) is 25.7. The van der Waals surface area contributed by atoms with Crippen molar-refractivity contribution in [2.24, 2.45) is 0 Å². The summed E-state index contributed by atoms with van der Waals surface area (Å²) >= 11 is 1.69. The van der Waals surface area contributed by atoms with Crippen LogP contribution in [0.15, 0.2) is 53.4 Å². The number of nitrogens with zero attached hydrogens (tertiary/aromatic N) is 2. The zero-order chi connectivity index (χ0) is 18.4. The van der Waals surface area contributed by atoms with Gasteiger partial charge in [-0.3, -0.25) is 19.8 Å². The minimum atomic E-state index is -0.468. The molecule has 0 fully saturated rings. The lowest BCUT2D eigenvalue weighted by Gasteiger charge is -2.24. The van der Waals surface area contributed by atoms with Crippen LogP contribution in [0, 0.1) is 10.1 Å². The van der Waals surface area contributed by atoms with Crippen LogP contribution in [0.1, 0.15) is 12.5 Å². The number of rotatable bonds is 7. The van der Waals surface area contributed by atoms with Crippen molar-refractivity contribution in [2.45, 2.75) is 24.4 Å². The van der Waals surface area contributed by atoms with Crippen LogP contribution < -0.4 is 5.32 Å². The summed E-state index contributed by atoms with van der Waals surface area (Å²) in [6.07, 6.45) is 2.03. The van der Waals surface area contributed by atoms with Gasteiger partial charge in [-0.1, -0.05) is 12.1 Å². The lowest BCUT2D eigenvalue weighted by atomic mass is 10.2. The second kappa shape index (κ2) is 8.64. The van der Waals surface area contributed by atoms with Gasteiger partial charge in [-0.2, -0.15) is 0 Å². The molecule has 6 nitrogen and oxygen atoms in total. The standard InChI is InChI=1S/C18H21N3O3S/c1-13(20(2)12-14-4-10-17(25-3)11-5-14)18(22)19-15-6-8-16(9-7-15)21(23)24/h4-11,13H,12H2,1-3H3,(H,19,22)/t13-/m1/s1. The van der Waals surface area contributed by atoms with E-state index in [2.05, 4.69) is 29.6 Å². The molecule has 0 saturated heterocycles. The zero-order valence-electron chi connectivity index (χ0n) is 14.4. The van der Waals surface area contributed by atoms with E-state index in [1.807, 2.05) is 25.1 Å². The van der Waals surface area contributed by atoms with Crippen LogP contribution in [0.25, 0.3) is 0 Å². The van der Waals surface area contributed by atoms with Crippen molar-refractivity contribution in [3.8, 4) is 0 Å². The Balaban J connectivity index is 1.94. The molecule has 1 amide bonds. The van der Waals surface area contributed by atoms with Crippen molar-refractivity contribution < 1.29 is 9.72 Å². The first-order valence-corrected chi connectivity index (χ1v) is 9.01. The number of anilines is 1. The number of nitro groups is 1. The molecule has 0 bridgehead atoms. The average molecular weight is 359 g/mol. The minimum Gasteiger partial charge on any atom is -0.325 e. The van der Waals surface area contributed by atoms with E-state index in [-0.39, 0.29) is 17.6 Å². The molecule has 132 valence electrons. The second-order valence-corrected chi connectivity index (χ2v) is 6.61. The van der Waals surface area contributed by atoms with Crippen LogP contribution in [0.5, 0.6) is 0 Å². The van der Waals surface area contributed by atoms with Crippen molar-refractivity contribution >= 4 is 29.0 Å². The molecule has 0 radical (unpaired) electrons. The highest BCUT2D eigenvalue weighted by molar-refractivity contribution is 7.98. The minimum absolute atomic E-state index is 0.00291. The number of nitrogens with one attached hydrogen (secondary N) is 1. The van der Waals surface area contributed by atoms with Gasteiger partial charge in [0.1, 0.15) is 0 Å². The third-order valence-corrected chi connectivity index (χ3v) is 4.72. The third kappa shape index (κ3) is 5.30. The van der Waals surface area contributed by atoms with Crippen LogP contribution in [-0.2, 0) is 11.3 Å². The van der Waals surface area contributed by atoms with E-state index >= 15 is 0 Å². The maximum absolute atomic E-state index is 12.4. The van der Waals surface area contributed by atoms with Crippen LogP contribution >= 0.6 is 11.8 Å². The van der Waals surface area contributed by atoms with Crippen molar-refractivity contribution in [1.82, 2.24) is 4.90 Å². The first-order valence-electron chi connectivity index (χ1n) is 7.79. The third-order valence-electron chi connectivity index (χ3n) is 3.98. The fraction of sp³-hybridized carbons (Fsp3) is 0.278. The molecule has 0 aliphatic rings. The Morgan fingerprint density at radius 2 is 1.80 bits per heavy atom. The van der Waals surface area contributed by atoms with E-state index in [1.165, 1.54) is 29.2 Å². The van der Waals surface area contributed by atoms with E-state index in [4.69, 9.17) is 0 Å². The molecule has 0 heterocycles. The van der Waals surface area contributed by atoms with E-state index in [1.54, 1.807) is 11.8 Å². The number of amides is 1. The Morgan fingerprint density at radius 3 is 2.32 bits per heavy atom. The highest BCUT2D eigenvalue weighted by Gasteiger charge is 2.18. The smallest absolute Gasteiger partial charge is 0.269 e. The Bertz CT molecular complexity index is 732. The Labute approximate surface area is 151 Å². The van der Waals surface area contributed by atoms with Crippen molar-refractivity contribution in [1.29, 1.82) is 0 Å². The number of benzene rings is 2. The SMILES string of the molecule is CSc1ccc(CN(C)[C@H](C)C(=O)Nc2ccc([N+](=O)[O-])cc2)cc1. The fourth-order valence-corrected chi connectivity index (χ4v) is 2.68. The normalized spacial score (nSPS) is 12.0. The number of hydrogen-bond acceptors (Lipinski definition) is 5. The molecule has 2 rings (SSSR count).